The zero-order chi connectivity index (χ0) is 21.8. The van der Waals surface area contributed by atoms with Gasteiger partial charge in [0, 0.05) is 38.8 Å². The summed E-state index contributed by atoms with van der Waals surface area (Å²) in [6.45, 7) is 2.67. The predicted molar refractivity (Wildman–Crippen MR) is 115 cm³/mol. The van der Waals surface area contributed by atoms with Crippen LogP contribution in [0, 0.1) is 0 Å². The van der Waals surface area contributed by atoms with Crippen LogP contribution in [0.2, 0.25) is 0 Å². The minimum atomic E-state index is -3.61. The molecule has 164 valence electrons. The van der Waals surface area contributed by atoms with Gasteiger partial charge in [0.1, 0.15) is 0 Å². The lowest BCUT2D eigenvalue weighted by atomic mass is 10.3. The molecule has 0 radical (unpaired) electrons. The number of piperazine rings is 1. The van der Waals surface area contributed by atoms with Gasteiger partial charge in [0.2, 0.25) is 10.0 Å². The van der Waals surface area contributed by atoms with E-state index in [1.807, 2.05) is 30.3 Å². The summed E-state index contributed by atoms with van der Waals surface area (Å²) in [5.74, 6) is 0.888. The number of hydrogen-bond acceptors (Lipinski definition) is 7. The quantitative estimate of drug-likeness (QED) is 0.550. The standard InChI is InChI=1S/C21H25N5O4S/c1-29-20-9-8-19(14-21(20)30-2)31(27,28)25-12-10-24(11-13-25)16-17-15-22-26(23-17)18-6-4-3-5-7-18/h3-9,14-15H,10-13,16H2,1-2H3. The molecule has 10 heteroatoms. The Morgan fingerprint density at radius 2 is 1.65 bits per heavy atom. The summed E-state index contributed by atoms with van der Waals surface area (Å²) >= 11 is 0. The molecule has 2 aromatic carbocycles. The molecule has 0 N–H and O–H groups in total. The van der Waals surface area contributed by atoms with Crippen LogP contribution >= 0.6 is 0 Å². The van der Waals surface area contributed by atoms with Crippen LogP contribution in [0.1, 0.15) is 5.69 Å². The maximum atomic E-state index is 13.1. The third-order valence-electron chi connectivity index (χ3n) is 5.24. The molecule has 0 atom stereocenters. The molecule has 3 aromatic rings. The summed E-state index contributed by atoms with van der Waals surface area (Å²) < 4.78 is 38.1. The Balaban J connectivity index is 1.39. The zero-order valence-electron chi connectivity index (χ0n) is 17.5. The van der Waals surface area contributed by atoms with Crippen LogP contribution in [0.15, 0.2) is 59.6 Å². The van der Waals surface area contributed by atoms with Gasteiger partial charge < -0.3 is 9.47 Å². The third-order valence-corrected chi connectivity index (χ3v) is 7.13. The van der Waals surface area contributed by atoms with Crippen LogP contribution in [0.25, 0.3) is 5.69 Å². The van der Waals surface area contributed by atoms with Crippen LogP contribution in [0.4, 0.5) is 0 Å². The number of hydrogen-bond donors (Lipinski definition) is 0. The van der Waals surface area contributed by atoms with E-state index >= 15 is 0 Å². The molecule has 1 aliphatic heterocycles. The van der Waals surface area contributed by atoms with Crippen molar-refractivity contribution >= 4 is 10.0 Å². The Morgan fingerprint density at radius 1 is 0.935 bits per heavy atom. The molecule has 9 nitrogen and oxygen atoms in total. The second-order valence-electron chi connectivity index (χ2n) is 7.16. The molecular weight excluding hydrogens is 418 g/mol. The lowest BCUT2D eigenvalue weighted by molar-refractivity contribution is 0.179. The van der Waals surface area contributed by atoms with E-state index in [0.29, 0.717) is 44.2 Å². The normalized spacial score (nSPS) is 15.7. The van der Waals surface area contributed by atoms with Gasteiger partial charge in [0.25, 0.3) is 0 Å². The topological polar surface area (TPSA) is 89.8 Å². The van der Waals surface area contributed by atoms with Gasteiger partial charge in [-0.1, -0.05) is 18.2 Å². The molecule has 0 amide bonds. The summed E-state index contributed by atoms with van der Waals surface area (Å²) in [6, 6.07) is 14.4. The molecule has 0 unspecified atom stereocenters. The molecule has 0 bridgehead atoms. The van der Waals surface area contributed by atoms with Crippen molar-refractivity contribution in [2.75, 3.05) is 40.4 Å². The van der Waals surface area contributed by atoms with Gasteiger partial charge in [-0.25, -0.2) is 8.42 Å². The summed E-state index contributed by atoms with van der Waals surface area (Å²) in [5, 5.41) is 8.86. The minimum Gasteiger partial charge on any atom is -0.493 e. The maximum absolute atomic E-state index is 13.1. The largest absolute Gasteiger partial charge is 0.493 e. The second-order valence-corrected chi connectivity index (χ2v) is 9.10. The van der Waals surface area contributed by atoms with Gasteiger partial charge in [-0.3, -0.25) is 4.90 Å². The van der Waals surface area contributed by atoms with Crippen LogP contribution in [0.3, 0.4) is 0 Å². The van der Waals surface area contributed by atoms with Crippen LogP contribution in [-0.2, 0) is 16.6 Å². The number of para-hydroxylation sites is 1. The first kappa shape index (κ1) is 21.3. The van der Waals surface area contributed by atoms with E-state index in [4.69, 9.17) is 9.47 Å². The van der Waals surface area contributed by atoms with Crippen LogP contribution in [-0.4, -0.2) is 73.0 Å². The lowest BCUT2D eigenvalue weighted by Gasteiger charge is -2.33. The number of ether oxygens (including phenoxy) is 2. The van der Waals surface area contributed by atoms with Crippen molar-refractivity contribution in [2.24, 2.45) is 0 Å². The first-order valence-corrected chi connectivity index (χ1v) is 11.4. The number of methoxy groups -OCH3 is 2. The van der Waals surface area contributed by atoms with Crippen molar-refractivity contribution in [1.29, 1.82) is 0 Å². The molecule has 2 heterocycles. The fraction of sp³-hybridized carbons (Fsp3) is 0.333. The van der Waals surface area contributed by atoms with Gasteiger partial charge in [-0.2, -0.15) is 19.3 Å². The summed E-state index contributed by atoms with van der Waals surface area (Å²) in [4.78, 5) is 3.98. The van der Waals surface area contributed by atoms with E-state index in [9.17, 15) is 8.42 Å². The van der Waals surface area contributed by atoms with Gasteiger partial charge in [0.05, 0.1) is 36.7 Å². The van der Waals surface area contributed by atoms with E-state index in [2.05, 4.69) is 15.1 Å². The zero-order valence-corrected chi connectivity index (χ0v) is 18.3. The molecule has 1 aliphatic rings. The van der Waals surface area contributed by atoms with E-state index < -0.39 is 10.0 Å². The number of benzene rings is 2. The third kappa shape index (κ3) is 4.55. The maximum Gasteiger partial charge on any atom is 0.243 e. The Kier molecular flexibility index (Phi) is 6.21. The fourth-order valence-electron chi connectivity index (χ4n) is 3.54. The molecule has 31 heavy (non-hydrogen) atoms. The second kappa shape index (κ2) is 9.04. The van der Waals surface area contributed by atoms with Crippen molar-refractivity contribution in [3.63, 3.8) is 0 Å². The fourth-order valence-corrected chi connectivity index (χ4v) is 4.97. The monoisotopic (exact) mass is 443 g/mol. The van der Waals surface area contributed by atoms with Gasteiger partial charge in [-0.15, -0.1) is 0 Å². The Hall–Kier alpha value is -2.95. The number of nitrogens with zero attached hydrogens (tertiary/aromatic N) is 5. The molecule has 4 rings (SSSR count). The van der Waals surface area contributed by atoms with Crippen molar-refractivity contribution in [3.05, 3.63) is 60.4 Å². The first-order valence-electron chi connectivity index (χ1n) is 9.92. The highest BCUT2D eigenvalue weighted by atomic mass is 32.2. The molecule has 1 aromatic heterocycles. The highest BCUT2D eigenvalue weighted by molar-refractivity contribution is 7.89. The first-order chi connectivity index (χ1) is 15.0. The molecular formula is C21H25N5O4S. The molecule has 1 fully saturated rings. The average molecular weight is 444 g/mol. The summed E-state index contributed by atoms with van der Waals surface area (Å²) in [7, 11) is -0.604. The van der Waals surface area contributed by atoms with Crippen molar-refractivity contribution in [3.8, 4) is 17.2 Å². The van der Waals surface area contributed by atoms with Gasteiger partial charge in [-0.05, 0) is 24.3 Å². The molecule has 1 saturated heterocycles. The Morgan fingerprint density at radius 3 is 2.32 bits per heavy atom. The Bertz CT molecular complexity index is 1130. The van der Waals surface area contributed by atoms with Crippen molar-refractivity contribution in [1.82, 2.24) is 24.2 Å². The van der Waals surface area contributed by atoms with Crippen molar-refractivity contribution in [2.45, 2.75) is 11.4 Å². The molecule has 0 saturated carbocycles. The average Bonchev–Trinajstić information content (AvgIpc) is 3.28. The SMILES string of the molecule is COc1ccc(S(=O)(=O)N2CCN(Cc3cnn(-c4ccccc4)n3)CC2)cc1OC. The van der Waals surface area contributed by atoms with Crippen molar-refractivity contribution < 1.29 is 17.9 Å². The highest BCUT2D eigenvalue weighted by Gasteiger charge is 2.29. The van der Waals surface area contributed by atoms with Gasteiger partial charge in [0.15, 0.2) is 11.5 Å². The number of rotatable bonds is 7. The van der Waals surface area contributed by atoms with Gasteiger partial charge >= 0.3 is 0 Å². The van der Waals surface area contributed by atoms with E-state index in [-0.39, 0.29) is 4.90 Å². The predicted octanol–water partition coefficient (Wildman–Crippen LogP) is 1.79. The highest BCUT2D eigenvalue weighted by Crippen LogP contribution is 2.31. The lowest BCUT2D eigenvalue weighted by Crippen LogP contribution is -2.48. The minimum absolute atomic E-state index is 0.199. The summed E-state index contributed by atoms with van der Waals surface area (Å²) in [5.41, 5.74) is 1.75. The smallest absolute Gasteiger partial charge is 0.243 e. The van der Waals surface area contributed by atoms with Crippen LogP contribution in [0.5, 0.6) is 11.5 Å². The number of aromatic nitrogens is 3. The van der Waals surface area contributed by atoms with E-state index in [0.717, 1.165) is 11.4 Å². The Labute approximate surface area is 181 Å². The van der Waals surface area contributed by atoms with E-state index in [1.54, 1.807) is 23.1 Å². The summed E-state index contributed by atoms with van der Waals surface area (Å²) in [6.07, 6.45) is 1.75. The van der Waals surface area contributed by atoms with Crippen LogP contribution < -0.4 is 9.47 Å². The molecule has 0 aliphatic carbocycles. The van der Waals surface area contributed by atoms with E-state index in [1.165, 1.54) is 24.6 Å². The number of sulfonamides is 1. The molecule has 0 spiro atoms.